The van der Waals surface area contributed by atoms with Crippen LogP contribution in [-0.4, -0.2) is 22.9 Å². The predicted molar refractivity (Wildman–Crippen MR) is 86.2 cm³/mol. The fourth-order valence-electron chi connectivity index (χ4n) is 1.87. The van der Waals surface area contributed by atoms with E-state index in [0.717, 1.165) is 28.5 Å². The Labute approximate surface area is 128 Å². The molecule has 0 fully saturated rings. The highest BCUT2D eigenvalue weighted by molar-refractivity contribution is 8.03. The molecule has 20 heavy (non-hydrogen) atoms. The molecule has 0 bridgehead atoms. The van der Waals surface area contributed by atoms with E-state index in [2.05, 4.69) is 21.9 Å². The van der Waals surface area contributed by atoms with Crippen LogP contribution in [0.3, 0.4) is 0 Å². The van der Waals surface area contributed by atoms with Gasteiger partial charge in [-0.15, -0.1) is 0 Å². The van der Waals surface area contributed by atoms with E-state index in [1.165, 1.54) is 0 Å². The zero-order valence-corrected chi connectivity index (χ0v) is 13.3. The van der Waals surface area contributed by atoms with E-state index in [0.29, 0.717) is 6.42 Å². The molecule has 2 rings (SSSR count). The third-order valence-electron chi connectivity index (χ3n) is 2.92. The normalized spacial score (nSPS) is 18.0. The number of nitrogens with one attached hydrogen (secondary N) is 2. The maximum atomic E-state index is 11.9. The van der Waals surface area contributed by atoms with Crippen LogP contribution in [0.4, 0.5) is 0 Å². The van der Waals surface area contributed by atoms with Crippen LogP contribution in [0.1, 0.15) is 30.7 Å². The van der Waals surface area contributed by atoms with Gasteiger partial charge in [-0.1, -0.05) is 17.8 Å². The zero-order valence-electron chi connectivity index (χ0n) is 11.7. The molecule has 1 aromatic rings. The van der Waals surface area contributed by atoms with Crippen LogP contribution >= 0.6 is 23.5 Å². The van der Waals surface area contributed by atoms with E-state index in [1.807, 2.05) is 25.3 Å². The first-order valence-corrected chi connectivity index (χ1v) is 8.81. The van der Waals surface area contributed by atoms with Crippen molar-refractivity contribution in [2.45, 2.75) is 25.1 Å². The summed E-state index contributed by atoms with van der Waals surface area (Å²) >= 11 is 3.40. The first-order chi connectivity index (χ1) is 9.70. The number of allylic oxidation sites excluding steroid dienone is 1. The number of hydrogen-bond donors (Lipinski definition) is 2. The highest BCUT2D eigenvalue weighted by Crippen LogP contribution is 2.38. The molecule has 0 saturated heterocycles. The van der Waals surface area contributed by atoms with Gasteiger partial charge in [-0.2, -0.15) is 11.8 Å². The lowest BCUT2D eigenvalue weighted by Crippen LogP contribution is -2.21. The van der Waals surface area contributed by atoms with Crippen LogP contribution < -0.4 is 10.6 Å². The van der Waals surface area contributed by atoms with Gasteiger partial charge in [0.15, 0.2) is 0 Å². The Bertz CT molecular complexity index is 490. The Morgan fingerprint density at radius 3 is 3.15 bits per heavy atom. The van der Waals surface area contributed by atoms with Crippen LogP contribution in [0, 0.1) is 0 Å². The molecule has 4 nitrogen and oxygen atoms in total. The Balaban J connectivity index is 1.87. The summed E-state index contributed by atoms with van der Waals surface area (Å²) in [5.74, 6) is 1.12. The number of nitrogens with zero attached hydrogens (tertiary/aromatic N) is 1. The van der Waals surface area contributed by atoms with Gasteiger partial charge in [-0.05, 0) is 31.4 Å². The van der Waals surface area contributed by atoms with Gasteiger partial charge in [-0.3, -0.25) is 9.78 Å². The van der Waals surface area contributed by atoms with Gasteiger partial charge in [-0.25, -0.2) is 0 Å². The van der Waals surface area contributed by atoms with E-state index in [1.54, 1.807) is 29.7 Å². The number of amides is 1. The molecular weight excluding hydrogens is 290 g/mol. The zero-order chi connectivity index (χ0) is 14.4. The average Bonchev–Trinajstić information content (AvgIpc) is 2.81. The molecule has 2 N–H and O–H groups in total. The van der Waals surface area contributed by atoms with E-state index in [9.17, 15) is 4.79 Å². The summed E-state index contributed by atoms with van der Waals surface area (Å²) in [6, 6.07) is 3.96. The van der Waals surface area contributed by atoms with Crippen molar-refractivity contribution in [1.29, 1.82) is 0 Å². The van der Waals surface area contributed by atoms with E-state index in [-0.39, 0.29) is 11.3 Å². The molecule has 0 aliphatic carbocycles. The van der Waals surface area contributed by atoms with Crippen molar-refractivity contribution in [2.75, 3.05) is 12.0 Å². The molecule has 2 heterocycles. The predicted octanol–water partition coefficient (Wildman–Crippen LogP) is 2.87. The first-order valence-electron chi connectivity index (χ1n) is 6.53. The van der Waals surface area contributed by atoms with Crippen molar-refractivity contribution in [2.24, 2.45) is 0 Å². The number of hydrogen-bond acceptors (Lipinski definition) is 5. The summed E-state index contributed by atoms with van der Waals surface area (Å²) in [6.45, 7) is 1.99. The smallest absolute Gasteiger partial charge is 0.224 e. The van der Waals surface area contributed by atoms with Crippen molar-refractivity contribution in [3.8, 4) is 0 Å². The Kier molecular flexibility index (Phi) is 5.79. The molecule has 0 saturated carbocycles. The van der Waals surface area contributed by atoms with E-state index >= 15 is 0 Å². The minimum absolute atomic E-state index is 0.0922. The minimum atomic E-state index is 0.0922. The SMILES string of the molecule is CSCCCC(=O)NC1=C(C)NC(c2cccnc2)S1. The van der Waals surface area contributed by atoms with Crippen molar-refractivity contribution >= 4 is 29.4 Å². The molecule has 1 aliphatic rings. The lowest BCUT2D eigenvalue weighted by atomic mass is 10.3. The number of rotatable bonds is 6. The lowest BCUT2D eigenvalue weighted by Gasteiger charge is -2.10. The van der Waals surface area contributed by atoms with Crippen molar-refractivity contribution < 1.29 is 4.79 Å². The third-order valence-corrected chi connectivity index (χ3v) is 4.88. The molecule has 6 heteroatoms. The van der Waals surface area contributed by atoms with Crippen molar-refractivity contribution in [3.05, 3.63) is 40.8 Å². The summed E-state index contributed by atoms with van der Waals surface area (Å²) < 4.78 is 0. The standard InChI is InChI=1S/C14H19N3OS2/c1-10-13(17-12(18)6-4-8-19-2)20-14(16-10)11-5-3-7-15-9-11/h3,5,7,9,14,16H,4,6,8H2,1-2H3,(H,17,18). The van der Waals surface area contributed by atoms with Gasteiger partial charge in [0.05, 0.1) is 5.03 Å². The summed E-state index contributed by atoms with van der Waals surface area (Å²) in [4.78, 5) is 16.0. The molecule has 1 aromatic heterocycles. The maximum absolute atomic E-state index is 11.9. The number of thioether (sulfide) groups is 2. The number of carbonyl (C=O) groups excluding carboxylic acids is 1. The summed E-state index contributed by atoms with van der Waals surface area (Å²) in [5, 5.41) is 7.43. The van der Waals surface area contributed by atoms with Gasteiger partial charge in [0.1, 0.15) is 5.37 Å². The summed E-state index contributed by atoms with van der Waals surface area (Å²) in [6.07, 6.45) is 7.16. The molecule has 1 amide bonds. The van der Waals surface area contributed by atoms with Gasteiger partial charge < -0.3 is 10.6 Å². The van der Waals surface area contributed by atoms with Crippen molar-refractivity contribution in [3.63, 3.8) is 0 Å². The van der Waals surface area contributed by atoms with Gasteiger partial charge in [0.25, 0.3) is 0 Å². The highest BCUT2D eigenvalue weighted by atomic mass is 32.2. The highest BCUT2D eigenvalue weighted by Gasteiger charge is 2.24. The van der Waals surface area contributed by atoms with Gasteiger partial charge >= 0.3 is 0 Å². The molecule has 1 atom stereocenters. The van der Waals surface area contributed by atoms with Gasteiger partial charge in [0.2, 0.25) is 5.91 Å². The molecule has 0 aromatic carbocycles. The maximum Gasteiger partial charge on any atom is 0.224 e. The molecule has 1 unspecified atom stereocenters. The second-order valence-corrected chi connectivity index (χ2v) is 6.63. The van der Waals surface area contributed by atoms with Crippen LogP contribution in [0.5, 0.6) is 0 Å². The average molecular weight is 309 g/mol. The monoisotopic (exact) mass is 309 g/mol. The van der Waals surface area contributed by atoms with Crippen LogP contribution in [-0.2, 0) is 4.79 Å². The summed E-state index contributed by atoms with van der Waals surface area (Å²) in [7, 11) is 0. The topological polar surface area (TPSA) is 54.0 Å². The molecule has 1 aliphatic heterocycles. The van der Waals surface area contributed by atoms with E-state index in [4.69, 9.17) is 0 Å². The number of pyridine rings is 1. The number of carbonyl (C=O) groups is 1. The van der Waals surface area contributed by atoms with E-state index < -0.39 is 0 Å². The second kappa shape index (κ2) is 7.59. The number of aromatic nitrogens is 1. The fourth-order valence-corrected chi connectivity index (χ4v) is 3.46. The minimum Gasteiger partial charge on any atom is -0.371 e. The molecule has 108 valence electrons. The van der Waals surface area contributed by atoms with Crippen LogP contribution in [0.15, 0.2) is 35.3 Å². The summed E-state index contributed by atoms with van der Waals surface area (Å²) in [5.41, 5.74) is 2.13. The Morgan fingerprint density at radius 2 is 2.45 bits per heavy atom. The Hall–Kier alpha value is -1.14. The lowest BCUT2D eigenvalue weighted by molar-refractivity contribution is -0.120. The Morgan fingerprint density at radius 1 is 1.60 bits per heavy atom. The van der Waals surface area contributed by atoms with Crippen LogP contribution in [0.2, 0.25) is 0 Å². The second-order valence-electron chi connectivity index (χ2n) is 4.53. The van der Waals surface area contributed by atoms with Crippen LogP contribution in [0.25, 0.3) is 0 Å². The molecule has 0 radical (unpaired) electrons. The third kappa shape index (κ3) is 4.18. The first kappa shape index (κ1) is 15.3. The molecular formula is C14H19N3OS2. The van der Waals surface area contributed by atoms with Gasteiger partial charge in [0, 0.05) is 30.1 Å². The largest absolute Gasteiger partial charge is 0.371 e. The fraction of sp³-hybridized carbons (Fsp3) is 0.429. The quantitative estimate of drug-likeness (QED) is 0.791. The van der Waals surface area contributed by atoms with Crippen molar-refractivity contribution in [1.82, 2.24) is 15.6 Å². The molecule has 0 spiro atoms.